The Kier molecular flexibility index (Phi) is 5.17. The molecular weight excluding hydrogens is 388 g/mol. The van der Waals surface area contributed by atoms with Gasteiger partial charge in [0, 0.05) is 5.92 Å². The van der Waals surface area contributed by atoms with E-state index in [-0.39, 0.29) is 12.5 Å². The van der Waals surface area contributed by atoms with Crippen LogP contribution in [0.1, 0.15) is 36.8 Å². The molecule has 2 amide bonds. The van der Waals surface area contributed by atoms with Gasteiger partial charge in [-0.15, -0.1) is 0 Å². The highest BCUT2D eigenvalue weighted by Crippen LogP contribution is 2.44. The summed E-state index contributed by atoms with van der Waals surface area (Å²) in [5.41, 5.74) is 5.44. The van der Waals surface area contributed by atoms with Crippen LogP contribution in [-0.2, 0) is 19.2 Å². The molecule has 1 unspecified atom stereocenters. The van der Waals surface area contributed by atoms with Crippen LogP contribution in [0.2, 0.25) is 0 Å². The van der Waals surface area contributed by atoms with Crippen LogP contribution in [0.25, 0.3) is 11.1 Å². The summed E-state index contributed by atoms with van der Waals surface area (Å²) in [6.45, 7) is 1.44. The molecular formula is C22H22N2O6. The molecule has 2 aromatic carbocycles. The van der Waals surface area contributed by atoms with Crippen LogP contribution < -0.4 is 10.8 Å². The summed E-state index contributed by atoms with van der Waals surface area (Å²) < 4.78 is 5.46. The maximum absolute atomic E-state index is 12.4. The summed E-state index contributed by atoms with van der Waals surface area (Å²) in [5, 5.41) is 11.4. The Balaban J connectivity index is 1.37. The molecule has 3 N–H and O–H groups in total. The lowest BCUT2D eigenvalue weighted by Gasteiger charge is -2.19. The zero-order valence-electron chi connectivity index (χ0n) is 16.4. The number of ether oxygens (including phenoxy) is 1. The van der Waals surface area contributed by atoms with Gasteiger partial charge in [0.05, 0.1) is 0 Å². The molecule has 1 atom stereocenters. The van der Waals surface area contributed by atoms with E-state index in [0.717, 1.165) is 22.3 Å². The number of carboxylic acids is 1. The number of hydrogen-bond donors (Lipinski definition) is 3. The smallest absolute Gasteiger partial charge is 0.408 e. The highest BCUT2D eigenvalue weighted by Gasteiger charge is 2.52. The van der Waals surface area contributed by atoms with Gasteiger partial charge in [0.2, 0.25) is 0 Å². The fourth-order valence-corrected chi connectivity index (χ4v) is 3.65. The van der Waals surface area contributed by atoms with E-state index in [2.05, 4.69) is 22.9 Å². The number of aliphatic carboxylic acids is 1. The molecule has 2 aromatic rings. The number of carbonyl (C=O) groups excluding carboxylic acids is 2. The topological polar surface area (TPSA) is 114 Å². The average molecular weight is 410 g/mol. The zero-order valence-corrected chi connectivity index (χ0v) is 16.4. The van der Waals surface area contributed by atoms with E-state index < -0.39 is 29.6 Å². The lowest BCUT2D eigenvalue weighted by molar-refractivity contribution is -0.159. The molecule has 2 aliphatic carbocycles. The van der Waals surface area contributed by atoms with Crippen molar-refractivity contribution in [3.05, 3.63) is 59.7 Å². The molecule has 8 heteroatoms. The van der Waals surface area contributed by atoms with Gasteiger partial charge in [0.1, 0.15) is 12.1 Å². The van der Waals surface area contributed by atoms with Crippen molar-refractivity contribution in [3.8, 4) is 11.1 Å². The molecule has 8 nitrogen and oxygen atoms in total. The van der Waals surface area contributed by atoms with Crippen molar-refractivity contribution >= 4 is 18.0 Å². The number of rotatable bonds is 7. The summed E-state index contributed by atoms with van der Waals surface area (Å²) >= 11 is 0. The molecule has 0 saturated heterocycles. The number of amides is 2. The van der Waals surface area contributed by atoms with Crippen LogP contribution >= 0.6 is 0 Å². The molecule has 156 valence electrons. The maximum atomic E-state index is 12.4. The van der Waals surface area contributed by atoms with Gasteiger partial charge in [-0.05, 0) is 42.0 Å². The van der Waals surface area contributed by atoms with Crippen molar-refractivity contribution in [2.24, 2.45) is 0 Å². The van der Waals surface area contributed by atoms with Crippen LogP contribution in [0.5, 0.6) is 0 Å². The van der Waals surface area contributed by atoms with E-state index in [1.54, 1.807) is 0 Å². The molecule has 0 aliphatic heterocycles. The van der Waals surface area contributed by atoms with E-state index in [0.29, 0.717) is 12.8 Å². The van der Waals surface area contributed by atoms with Crippen molar-refractivity contribution in [3.63, 3.8) is 0 Å². The SMILES string of the molecule is CC(ONC(=O)C1(NC(=O)OCC2c3ccccc3-c3ccccc32)CC1)C(=O)O. The summed E-state index contributed by atoms with van der Waals surface area (Å²) in [5.74, 6) is -1.87. The first-order chi connectivity index (χ1) is 14.4. The third kappa shape index (κ3) is 3.73. The van der Waals surface area contributed by atoms with E-state index in [9.17, 15) is 14.4 Å². The minimum absolute atomic E-state index is 0.0770. The van der Waals surface area contributed by atoms with E-state index >= 15 is 0 Å². The molecule has 0 aromatic heterocycles. The van der Waals surface area contributed by atoms with Crippen LogP contribution in [0.4, 0.5) is 4.79 Å². The average Bonchev–Trinajstić information content (AvgIpc) is 3.45. The van der Waals surface area contributed by atoms with Gasteiger partial charge in [-0.25, -0.2) is 15.1 Å². The van der Waals surface area contributed by atoms with Crippen LogP contribution in [-0.4, -0.2) is 41.3 Å². The van der Waals surface area contributed by atoms with Crippen LogP contribution in [0.15, 0.2) is 48.5 Å². The Morgan fingerprint density at radius 3 is 2.17 bits per heavy atom. The molecule has 1 saturated carbocycles. The molecule has 0 spiro atoms. The molecule has 0 bridgehead atoms. The summed E-state index contributed by atoms with van der Waals surface area (Å²) in [4.78, 5) is 40.2. The van der Waals surface area contributed by atoms with Gasteiger partial charge in [-0.1, -0.05) is 48.5 Å². The quantitative estimate of drug-likeness (QED) is 0.605. The van der Waals surface area contributed by atoms with Gasteiger partial charge in [0.15, 0.2) is 6.10 Å². The maximum Gasteiger partial charge on any atom is 0.408 e. The zero-order chi connectivity index (χ0) is 21.3. The first-order valence-electron chi connectivity index (χ1n) is 9.73. The first kappa shape index (κ1) is 19.9. The summed E-state index contributed by atoms with van der Waals surface area (Å²) in [6, 6.07) is 16.0. The van der Waals surface area contributed by atoms with E-state index in [1.165, 1.54) is 6.92 Å². The molecule has 30 heavy (non-hydrogen) atoms. The van der Waals surface area contributed by atoms with E-state index in [4.69, 9.17) is 14.7 Å². The van der Waals surface area contributed by atoms with Gasteiger partial charge >= 0.3 is 12.1 Å². The Bertz CT molecular complexity index is 955. The lowest BCUT2D eigenvalue weighted by atomic mass is 9.98. The van der Waals surface area contributed by atoms with Crippen molar-refractivity contribution < 1.29 is 29.1 Å². The summed E-state index contributed by atoms with van der Waals surface area (Å²) in [7, 11) is 0. The van der Waals surface area contributed by atoms with E-state index in [1.807, 2.05) is 36.4 Å². The van der Waals surface area contributed by atoms with Gasteiger partial charge in [0.25, 0.3) is 5.91 Å². The Hall–Kier alpha value is -3.39. The third-order valence-electron chi connectivity index (χ3n) is 5.55. The second kappa shape index (κ2) is 7.79. The van der Waals surface area contributed by atoms with Crippen molar-refractivity contribution in [1.29, 1.82) is 0 Å². The van der Waals surface area contributed by atoms with Gasteiger partial charge < -0.3 is 15.2 Å². The fraction of sp³-hybridized carbons (Fsp3) is 0.318. The third-order valence-corrected chi connectivity index (χ3v) is 5.55. The minimum Gasteiger partial charge on any atom is -0.479 e. The van der Waals surface area contributed by atoms with Crippen molar-refractivity contribution in [2.75, 3.05) is 6.61 Å². The van der Waals surface area contributed by atoms with Crippen LogP contribution in [0.3, 0.4) is 0 Å². The lowest BCUT2D eigenvalue weighted by Crippen LogP contribution is -2.50. The molecule has 2 aliphatic rings. The van der Waals surface area contributed by atoms with Crippen molar-refractivity contribution in [2.45, 2.75) is 37.3 Å². The number of benzene rings is 2. The molecule has 4 rings (SSSR count). The number of nitrogens with one attached hydrogen (secondary N) is 2. The predicted molar refractivity (Wildman–Crippen MR) is 106 cm³/mol. The number of fused-ring (bicyclic) bond motifs is 3. The highest BCUT2D eigenvalue weighted by atomic mass is 16.7. The standard InChI is InChI=1S/C22H22N2O6/c1-13(19(25)26)30-24-20(27)22(10-11-22)23-21(28)29-12-18-16-8-4-2-6-14(16)15-7-3-5-9-17(15)18/h2-9,13,18H,10-12H2,1H3,(H,23,28)(H,24,27)(H,25,26). The van der Waals surface area contributed by atoms with Gasteiger partial charge in [-0.2, -0.15) is 0 Å². The fourth-order valence-electron chi connectivity index (χ4n) is 3.65. The number of hydrogen-bond acceptors (Lipinski definition) is 5. The Labute approximate surface area is 173 Å². The highest BCUT2D eigenvalue weighted by molar-refractivity contribution is 5.92. The predicted octanol–water partition coefficient (Wildman–Crippen LogP) is 2.58. The Morgan fingerprint density at radius 2 is 1.63 bits per heavy atom. The second-order valence-electron chi connectivity index (χ2n) is 7.56. The monoisotopic (exact) mass is 410 g/mol. The first-order valence-corrected chi connectivity index (χ1v) is 9.73. The number of alkyl carbamates (subject to hydrolysis) is 1. The normalized spacial score (nSPS) is 16.7. The van der Waals surface area contributed by atoms with Gasteiger partial charge in [-0.3, -0.25) is 9.63 Å². The Morgan fingerprint density at radius 1 is 1.07 bits per heavy atom. The molecule has 1 fully saturated rings. The summed E-state index contributed by atoms with van der Waals surface area (Å²) in [6.07, 6.45) is -1.04. The largest absolute Gasteiger partial charge is 0.479 e. The van der Waals surface area contributed by atoms with Crippen LogP contribution in [0, 0.1) is 0 Å². The number of hydroxylamine groups is 1. The number of carboxylic acid groups (broad SMARTS) is 1. The second-order valence-corrected chi connectivity index (χ2v) is 7.56. The molecule has 0 radical (unpaired) electrons. The number of carbonyl (C=O) groups is 3. The minimum atomic E-state index is -1.20. The van der Waals surface area contributed by atoms with Crippen molar-refractivity contribution in [1.82, 2.24) is 10.8 Å². The molecule has 0 heterocycles.